The van der Waals surface area contributed by atoms with E-state index in [0.29, 0.717) is 29.9 Å². The predicted molar refractivity (Wildman–Crippen MR) is 89.8 cm³/mol. The topological polar surface area (TPSA) is 78.5 Å². The number of nitrogens with one attached hydrogen (secondary N) is 2. The Morgan fingerprint density at radius 1 is 1.13 bits per heavy atom. The Morgan fingerprint density at radius 2 is 1.87 bits per heavy atom. The summed E-state index contributed by atoms with van der Waals surface area (Å²) < 4.78 is 27.2. The molecule has 8 heteroatoms. The van der Waals surface area contributed by atoms with Crippen LogP contribution in [0.25, 0.3) is 0 Å². The first-order valence-corrected chi connectivity index (χ1v) is 8.48. The van der Waals surface area contributed by atoms with Crippen LogP contribution in [-0.2, 0) is 10.0 Å². The lowest BCUT2D eigenvalue weighted by molar-refractivity contribution is 0.252. The minimum atomic E-state index is -3.71. The number of amides is 2. The average Bonchev–Trinajstić information content (AvgIpc) is 2.93. The zero-order valence-electron chi connectivity index (χ0n) is 12.2. The third kappa shape index (κ3) is 3.32. The SMILES string of the molecule is [B]c1cccc(NS(=O)(=O)c2ccc(N3CCNC3=O)cc2)c1. The fraction of sp³-hybridized carbons (Fsp3) is 0.133. The molecule has 1 aliphatic rings. The normalized spacial score (nSPS) is 14.6. The maximum atomic E-state index is 12.4. The van der Waals surface area contributed by atoms with Crippen molar-refractivity contribution in [3.63, 3.8) is 0 Å². The summed E-state index contributed by atoms with van der Waals surface area (Å²) in [7, 11) is 1.93. The van der Waals surface area contributed by atoms with Crippen LogP contribution >= 0.6 is 0 Å². The zero-order valence-corrected chi connectivity index (χ0v) is 13.0. The molecule has 0 aliphatic carbocycles. The van der Waals surface area contributed by atoms with E-state index in [1.54, 1.807) is 41.3 Å². The largest absolute Gasteiger partial charge is 0.336 e. The van der Waals surface area contributed by atoms with Gasteiger partial charge in [0.1, 0.15) is 7.85 Å². The molecule has 0 unspecified atom stereocenters. The molecule has 2 aromatic rings. The minimum absolute atomic E-state index is 0.114. The van der Waals surface area contributed by atoms with Gasteiger partial charge >= 0.3 is 6.03 Å². The summed E-state index contributed by atoms with van der Waals surface area (Å²) in [6, 6.07) is 12.5. The molecule has 2 aromatic carbocycles. The number of carbonyl (C=O) groups excluding carboxylic acids is 1. The van der Waals surface area contributed by atoms with Crippen molar-refractivity contribution < 1.29 is 13.2 Å². The number of anilines is 2. The van der Waals surface area contributed by atoms with Gasteiger partial charge in [-0.3, -0.25) is 9.62 Å². The lowest BCUT2D eigenvalue weighted by Crippen LogP contribution is -2.27. The van der Waals surface area contributed by atoms with Crippen molar-refractivity contribution in [3.8, 4) is 0 Å². The smallest absolute Gasteiger partial charge is 0.321 e. The Morgan fingerprint density at radius 3 is 2.48 bits per heavy atom. The van der Waals surface area contributed by atoms with Crippen molar-refractivity contribution >= 4 is 40.7 Å². The summed E-state index contributed by atoms with van der Waals surface area (Å²) in [4.78, 5) is 13.3. The summed E-state index contributed by atoms with van der Waals surface area (Å²) in [6.07, 6.45) is 0. The molecule has 1 fully saturated rings. The van der Waals surface area contributed by atoms with Crippen molar-refractivity contribution in [3.05, 3.63) is 48.5 Å². The van der Waals surface area contributed by atoms with E-state index in [2.05, 4.69) is 10.0 Å². The molecular weight excluding hydrogens is 313 g/mol. The highest BCUT2D eigenvalue weighted by Crippen LogP contribution is 2.21. The lowest BCUT2D eigenvalue weighted by Gasteiger charge is -2.15. The number of hydrogen-bond acceptors (Lipinski definition) is 3. The average molecular weight is 327 g/mol. The number of sulfonamides is 1. The maximum absolute atomic E-state index is 12.4. The van der Waals surface area contributed by atoms with Crippen molar-refractivity contribution in [2.24, 2.45) is 0 Å². The van der Waals surface area contributed by atoms with E-state index >= 15 is 0 Å². The molecule has 2 amide bonds. The van der Waals surface area contributed by atoms with Gasteiger partial charge in [-0.1, -0.05) is 17.6 Å². The van der Waals surface area contributed by atoms with E-state index in [0.717, 1.165) is 0 Å². The van der Waals surface area contributed by atoms with Gasteiger partial charge in [0.15, 0.2) is 0 Å². The van der Waals surface area contributed by atoms with Crippen LogP contribution in [-0.4, -0.2) is 35.4 Å². The number of hydrogen-bond donors (Lipinski definition) is 2. The van der Waals surface area contributed by atoms with E-state index in [1.807, 2.05) is 0 Å². The van der Waals surface area contributed by atoms with Gasteiger partial charge in [-0.05, 0) is 36.4 Å². The van der Waals surface area contributed by atoms with E-state index in [4.69, 9.17) is 7.85 Å². The summed E-state index contributed by atoms with van der Waals surface area (Å²) in [5, 5.41) is 2.70. The molecule has 2 N–H and O–H groups in total. The Bertz CT molecular complexity index is 837. The molecule has 2 radical (unpaired) electrons. The van der Waals surface area contributed by atoms with Crippen LogP contribution in [0.2, 0.25) is 0 Å². The maximum Gasteiger partial charge on any atom is 0.321 e. The Labute approximate surface area is 136 Å². The van der Waals surface area contributed by atoms with E-state index in [-0.39, 0.29) is 10.9 Å². The number of benzene rings is 2. The number of rotatable bonds is 4. The van der Waals surface area contributed by atoms with Gasteiger partial charge in [-0.25, -0.2) is 13.2 Å². The Kier molecular flexibility index (Phi) is 4.00. The minimum Gasteiger partial charge on any atom is -0.336 e. The molecule has 116 valence electrons. The summed E-state index contributed by atoms with van der Waals surface area (Å²) in [5.74, 6) is 0. The van der Waals surface area contributed by atoms with Crippen molar-refractivity contribution in [1.82, 2.24) is 5.32 Å². The predicted octanol–water partition coefficient (Wildman–Crippen LogP) is 0.811. The molecule has 6 nitrogen and oxygen atoms in total. The quantitative estimate of drug-likeness (QED) is 0.816. The molecule has 0 spiro atoms. The van der Waals surface area contributed by atoms with Crippen LogP contribution in [0.4, 0.5) is 16.2 Å². The van der Waals surface area contributed by atoms with Gasteiger partial charge in [-0.15, -0.1) is 0 Å². The first-order chi connectivity index (χ1) is 11.0. The molecule has 0 saturated carbocycles. The van der Waals surface area contributed by atoms with Crippen molar-refractivity contribution in [1.29, 1.82) is 0 Å². The molecule has 1 aliphatic heterocycles. The van der Waals surface area contributed by atoms with Crippen molar-refractivity contribution in [2.75, 3.05) is 22.7 Å². The second-order valence-electron chi connectivity index (χ2n) is 5.11. The van der Waals surface area contributed by atoms with Gasteiger partial charge in [0.2, 0.25) is 0 Å². The van der Waals surface area contributed by atoms with Crippen LogP contribution < -0.4 is 20.4 Å². The highest BCUT2D eigenvalue weighted by molar-refractivity contribution is 7.92. The molecule has 3 rings (SSSR count). The van der Waals surface area contributed by atoms with Gasteiger partial charge < -0.3 is 5.32 Å². The number of nitrogens with zero attached hydrogens (tertiary/aromatic N) is 1. The second kappa shape index (κ2) is 5.96. The Balaban J connectivity index is 1.81. The molecule has 1 saturated heterocycles. The summed E-state index contributed by atoms with van der Waals surface area (Å²) >= 11 is 0. The second-order valence-corrected chi connectivity index (χ2v) is 6.79. The third-order valence-corrected chi connectivity index (χ3v) is 4.85. The zero-order chi connectivity index (χ0) is 16.4. The van der Waals surface area contributed by atoms with E-state index in [1.165, 1.54) is 12.1 Å². The number of carbonyl (C=O) groups is 1. The third-order valence-electron chi connectivity index (χ3n) is 3.45. The highest BCUT2D eigenvalue weighted by atomic mass is 32.2. The first-order valence-electron chi connectivity index (χ1n) is 6.99. The van der Waals surface area contributed by atoms with Crippen LogP contribution in [0.15, 0.2) is 53.4 Å². The number of urea groups is 1. The van der Waals surface area contributed by atoms with E-state index < -0.39 is 10.0 Å². The standard InChI is InChI=1S/C15H14BN3O3S/c16-11-2-1-3-12(10-11)18-23(21,22)14-6-4-13(5-7-14)19-9-8-17-15(19)20/h1-7,10,18H,8-9H2,(H,17,20). The van der Waals surface area contributed by atoms with Gasteiger partial charge in [0.05, 0.1) is 4.90 Å². The lowest BCUT2D eigenvalue weighted by atomic mass is 9.96. The van der Waals surface area contributed by atoms with Crippen LogP contribution in [0, 0.1) is 0 Å². The molecule has 23 heavy (non-hydrogen) atoms. The fourth-order valence-corrected chi connectivity index (χ4v) is 3.39. The van der Waals surface area contributed by atoms with E-state index in [9.17, 15) is 13.2 Å². The molecule has 0 aromatic heterocycles. The Hall–Kier alpha value is -2.48. The highest BCUT2D eigenvalue weighted by Gasteiger charge is 2.22. The monoisotopic (exact) mass is 327 g/mol. The van der Waals surface area contributed by atoms with Gasteiger partial charge in [0.25, 0.3) is 10.0 Å². The molecule has 0 bridgehead atoms. The fourth-order valence-electron chi connectivity index (χ4n) is 2.34. The molecular formula is C15H14BN3O3S. The van der Waals surface area contributed by atoms with Crippen molar-refractivity contribution in [2.45, 2.75) is 4.90 Å². The van der Waals surface area contributed by atoms with Gasteiger partial charge in [0, 0.05) is 24.5 Å². The summed E-state index contributed by atoms with van der Waals surface area (Å²) in [5.41, 5.74) is 1.52. The van der Waals surface area contributed by atoms with Crippen LogP contribution in [0.1, 0.15) is 0 Å². The summed E-state index contributed by atoms with van der Waals surface area (Å²) in [6.45, 7) is 1.14. The van der Waals surface area contributed by atoms with Gasteiger partial charge in [-0.2, -0.15) is 0 Å². The first kappa shape index (κ1) is 15.4. The van der Waals surface area contributed by atoms with Crippen LogP contribution in [0.3, 0.4) is 0 Å². The molecule has 0 atom stereocenters. The molecule has 1 heterocycles. The van der Waals surface area contributed by atoms with Crippen LogP contribution in [0.5, 0.6) is 0 Å².